The van der Waals surface area contributed by atoms with Gasteiger partial charge in [-0.25, -0.2) is 14.6 Å². The molecule has 3 heterocycles. The molecule has 0 radical (unpaired) electrons. The summed E-state index contributed by atoms with van der Waals surface area (Å²) in [6.07, 6.45) is 2.81. The largest absolute Gasteiger partial charge is 0.463 e. The SMILES string of the molecule is O=[N+]([O-])c1cc(Cn2nnc3c(-c4ccco4)ncnc32)cc([N+](=O)[O-])c1. The zero-order valence-electron chi connectivity index (χ0n) is 13.4. The summed E-state index contributed by atoms with van der Waals surface area (Å²) < 4.78 is 6.70. The minimum absolute atomic E-state index is 0.00757. The highest BCUT2D eigenvalue weighted by Crippen LogP contribution is 2.26. The number of rotatable bonds is 5. The van der Waals surface area contributed by atoms with Gasteiger partial charge < -0.3 is 4.42 Å². The summed E-state index contributed by atoms with van der Waals surface area (Å²) in [4.78, 5) is 29.0. The van der Waals surface area contributed by atoms with Gasteiger partial charge in [0.2, 0.25) is 0 Å². The minimum atomic E-state index is -0.687. The van der Waals surface area contributed by atoms with Crippen molar-refractivity contribution in [2.75, 3.05) is 0 Å². The van der Waals surface area contributed by atoms with Gasteiger partial charge in [-0.2, -0.15) is 0 Å². The van der Waals surface area contributed by atoms with Crippen LogP contribution >= 0.6 is 0 Å². The van der Waals surface area contributed by atoms with Crippen molar-refractivity contribution >= 4 is 22.5 Å². The molecule has 0 aliphatic heterocycles. The summed E-state index contributed by atoms with van der Waals surface area (Å²) in [7, 11) is 0. The molecular formula is C15H9N7O5. The number of hydrogen-bond acceptors (Lipinski definition) is 9. The van der Waals surface area contributed by atoms with Gasteiger partial charge >= 0.3 is 0 Å². The van der Waals surface area contributed by atoms with Gasteiger partial charge in [-0.05, 0) is 17.7 Å². The molecule has 0 aliphatic carbocycles. The lowest BCUT2D eigenvalue weighted by molar-refractivity contribution is -0.394. The molecular weight excluding hydrogens is 358 g/mol. The lowest BCUT2D eigenvalue weighted by Crippen LogP contribution is -2.04. The van der Waals surface area contributed by atoms with Crippen molar-refractivity contribution in [3.05, 3.63) is 68.7 Å². The van der Waals surface area contributed by atoms with Crippen LogP contribution in [-0.2, 0) is 6.54 Å². The third kappa shape index (κ3) is 2.95. The van der Waals surface area contributed by atoms with E-state index in [0.29, 0.717) is 28.2 Å². The molecule has 1 aromatic carbocycles. The molecule has 3 aromatic heterocycles. The molecule has 27 heavy (non-hydrogen) atoms. The Hall–Kier alpha value is -4.22. The minimum Gasteiger partial charge on any atom is -0.463 e. The maximum atomic E-state index is 11.0. The van der Waals surface area contributed by atoms with Crippen molar-refractivity contribution in [3.8, 4) is 11.5 Å². The van der Waals surface area contributed by atoms with Gasteiger partial charge in [0.15, 0.2) is 16.9 Å². The van der Waals surface area contributed by atoms with E-state index in [2.05, 4.69) is 20.3 Å². The summed E-state index contributed by atoms with van der Waals surface area (Å²) in [5, 5.41) is 30.1. The third-order valence-electron chi connectivity index (χ3n) is 3.77. The van der Waals surface area contributed by atoms with Gasteiger partial charge in [0.25, 0.3) is 11.4 Å². The van der Waals surface area contributed by atoms with Crippen LogP contribution in [0.3, 0.4) is 0 Å². The molecule has 0 aliphatic rings. The van der Waals surface area contributed by atoms with E-state index >= 15 is 0 Å². The van der Waals surface area contributed by atoms with Gasteiger partial charge in [0.05, 0.1) is 28.7 Å². The average molecular weight is 367 g/mol. The van der Waals surface area contributed by atoms with Crippen molar-refractivity contribution in [2.24, 2.45) is 0 Å². The highest BCUT2D eigenvalue weighted by atomic mass is 16.6. The first-order chi connectivity index (χ1) is 13.0. The Kier molecular flexibility index (Phi) is 3.77. The highest BCUT2D eigenvalue weighted by molar-refractivity contribution is 5.84. The zero-order chi connectivity index (χ0) is 19.0. The Morgan fingerprint density at radius 2 is 1.81 bits per heavy atom. The van der Waals surface area contributed by atoms with Crippen LogP contribution in [-0.4, -0.2) is 34.8 Å². The Labute approximate surface area is 149 Å². The Morgan fingerprint density at radius 3 is 2.44 bits per heavy atom. The molecule has 12 heteroatoms. The van der Waals surface area contributed by atoms with E-state index in [0.717, 1.165) is 6.07 Å². The number of nitro benzene ring substituents is 2. The number of fused-ring (bicyclic) bond motifs is 1. The monoisotopic (exact) mass is 367 g/mol. The zero-order valence-corrected chi connectivity index (χ0v) is 13.4. The van der Waals surface area contributed by atoms with E-state index in [4.69, 9.17) is 4.42 Å². The molecule has 12 nitrogen and oxygen atoms in total. The predicted octanol–water partition coefficient (Wildman–Crippen LogP) is 2.35. The van der Waals surface area contributed by atoms with Crippen LogP contribution in [0, 0.1) is 20.2 Å². The van der Waals surface area contributed by atoms with Crippen LogP contribution in [0.2, 0.25) is 0 Å². The van der Waals surface area contributed by atoms with Gasteiger partial charge in [-0.1, -0.05) is 5.21 Å². The topological polar surface area (TPSA) is 156 Å². The van der Waals surface area contributed by atoms with Crippen molar-refractivity contribution in [1.82, 2.24) is 25.0 Å². The fraction of sp³-hybridized carbons (Fsp3) is 0.0667. The summed E-state index contributed by atoms with van der Waals surface area (Å²) in [5.74, 6) is 0.487. The van der Waals surface area contributed by atoms with Crippen LogP contribution in [0.5, 0.6) is 0 Å². The number of aromatic nitrogens is 5. The number of hydrogen-bond donors (Lipinski definition) is 0. The summed E-state index contributed by atoms with van der Waals surface area (Å²) in [6.45, 7) is 0.00757. The van der Waals surface area contributed by atoms with Crippen molar-refractivity contribution in [2.45, 2.75) is 6.54 Å². The molecule has 4 rings (SSSR count). The number of nitrogens with zero attached hydrogens (tertiary/aromatic N) is 7. The first kappa shape index (κ1) is 16.3. The van der Waals surface area contributed by atoms with Crippen LogP contribution in [0.1, 0.15) is 5.56 Å². The fourth-order valence-corrected chi connectivity index (χ4v) is 2.62. The molecule has 4 aromatic rings. The van der Waals surface area contributed by atoms with Gasteiger partial charge in [0.1, 0.15) is 12.0 Å². The van der Waals surface area contributed by atoms with Crippen molar-refractivity contribution < 1.29 is 14.3 Å². The second-order valence-corrected chi connectivity index (χ2v) is 5.49. The fourth-order valence-electron chi connectivity index (χ4n) is 2.62. The molecule has 0 unspecified atom stereocenters. The molecule has 0 fully saturated rings. The highest BCUT2D eigenvalue weighted by Gasteiger charge is 2.19. The molecule has 0 amide bonds. The summed E-state index contributed by atoms with van der Waals surface area (Å²) in [6, 6.07) is 6.81. The number of furan rings is 1. The van der Waals surface area contributed by atoms with Crippen LogP contribution in [0.15, 0.2) is 47.3 Å². The molecule has 0 spiro atoms. The third-order valence-corrected chi connectivity index (χ3v) is 3.77. The summed E-state index contributed by atoms with van der Waals surface area (Å²) in [5.41, 5.74) is 0.754. The Morgan fingerprint density at radius 1 is 1.07 bits per heavy atom. The number of non-ortho nitro benzene ring substituents is 2. The second kappa shape index (κ2) is 6.25. The van der Waals surface area contributed by atoms with Crippen molar-refractivity contribution in [1.29, 1.82) is 0 Å². The van der Waals surface area contributed by atoms with E-state index < -0.39 is 9.85 Å². The van der Waals surface area contributed by atoms with Crippen LogP contribution < -0.4 is 0 Å². The first-order valence-electron chi connectivity index (χ1n) is 7.54. The van der Waals surface area contributed by atoms with Gasteiger partial charge in [-0.3, -0.25) is 20.2 Å². The maximum absolute atomic E-state index is 11.0. The smallest absolute Gasteiger partial charge is 0.276 e. The van der Waals surface area contributed by atoms with Crippen LogP contribution in [0.25, 0.3) is 22.6 Å². The molecule has 0 saturated carbocycles. The van der Waals surface area contributed by atoms with Crippen LogP contribution in [0.4, 0.5) is 11.4 Å². The molecule has 0 bridgehead atoms. The van der Waals surface area contributed by atoms with E-state index in [9.17, 15) is 20.2 Å². The van der Waals surface area contributed by atoms with E-state index in [1.54, 1.807) is 12.1 Å². The molecule has 0 saturated heterocycles. The van der Waals surface area contributed by atoms with Gasteiger partial charge in [0, 0.05) is 12.1 Å². The second-order valence-electron chi connectivity index (χ2n) is 5.49. The normalized spacial score (nSPS) is 11.0. The Balaban J connectivity index is 1.78. The lowest BCUT2D eigenvalue weighted by atomic mass is 10.1. The lowest BCUT2D eigenvalue weighted by Gasteiger charge is -2.03. The molecule has 0 atom stereocenters. The predicted molar refractivity (Wildman–Crippen MR) is 89.7 cm³/mol. The first-order valence-corrected chi connectivity index (χ1v) is 7.54. The maximum Gasteiger partial charge on any atom is 0.276 e. The molecule has 134 valence electrons. The Bertz CT molecular complexity index is 1140. The standard InChI is InChI=1S/C15H9N7O5/c23-21(24)10-4-9(5-11(6-10)22(25)26)7-20-15-14(18-19-20)13(16-8-17-15)12-2-1-3-27-12/h1-6,8H,7H2. The van der Waals surface area contributed by atoms with E-state index in [1.165, 1.54) is 29.4 Å². The van der Waals surface area contributed by atoms with Crippen molar-refractivity contribution in [3.63, 3.8) is 0 Å². The summed E-state index contributed by atoms with van der Waals surface area (Å²) >= 11 is 0. The van der Waals surface area contributed by atoms with Gasteiger partial charge in [-0.15, -0.1) is 5.10 Å². The van der Waals surface area contributed by atoms with E-state index in [-0.39, 0.29) is 17.9 Å². The molecule has 0 N–H and O–H groups in total. The number of benzene rings is 1. The average Bonchev–Trinajstić information content (AvgIpc) is 3.31. The van der Waals surface area contributed by atoms with E-state index in [1.807, 2.05) is 0 Å². The quantitative estimate of drug-likeness (QED) is 0.381. The number of nitro groups is 2.